The first-order valence-electron chi connectivity index (χ1n) is 8.00. The molecule has 1 atom stereocenters. The average Bonchev–Trinajstić information content (AvgIpc) is 2.63. The van der Waals surface area contributed by atoms with E-state index in [2.05, 4.69) is 5.32 Å². The zero-order valence-corrected chi connectivity index (χ0v) is 14.6. The molecule has 0 aliphatic rings. The quantitative estimate of drug-likeness (QED) is 0.451. The third-order valence-electron chi connectivity index (χ3n) is 3.46. The van der Waals surface area contributed by atoms with Gasteiger partial charge in [0.2, 0.25) is 0 Å². The molecule has 2 aromatic rings. The number of halogens is 1. The van der Waals surface area contributed by atoms with E-state index in [4.69, 9.17) is 9.47 Å². The minimum absolute atomic E-state index is 0.0288. The predicted octanol–water partition coefficient (Wildman–Crippen LogP) is 3.32. The number of rotatable bonds is 7. The topological polar surface area (TPSA) is 108 Å². The molecule has 0 unspecified atom stereocenters. The van der Waals surface area contributed by atoms with Gasteiger partial charge in [0, 0.05) is 11.8 Å². The molecule has 8 nitrogen and oxygen atoms in total. The summed E-state index contributed by atoms with van der Waals surface area (Å²) in [5, 5.41) is 13.6. The van der Waals surface area contributed by atoms with Gasteiger partial charge in [0.05, 0.1) is 17.1 Å². The molecule has 0 saturated heterocycles. The number of carbonyl (C=O) groups is 2. The van der Waals surface area contributed by atoms with Crippen LogP contribution in [0.4, 0.5) is 15.8 Å². The van der Waals surface area contributed by atoms with Crippen molar-refractivity contribution in [2.45, 2.75) is 20.0 Å². The SMILES string of the molecule is CCOc1ccc(C(=O)O[C@H](C)C(=O)Nc2ccc(F)cc2)cc1[N+](=O)[O-]. The van der Waals surface area contributed by atoms with E-state index in [1.807, 2.05) is 0 Å². The number of hydrogen-bond donors (Lipinski definition) is 1. The predicted molar refractivity (Wildman–Crippen MR) is 94.2 cm³/mol. The Balaban J connectivity index is 2.06. The van der Waals surface area contributed by atoms with Gasteiger partial charge in [-0.25, -0.2) is 9.18 Å². The second-order valence-corrected chi connectivity index (χ2v) is 5.42. The van der Waals surface area contributed by atoms with Crippen molar-refractivity contribution in [1.29, 1.82) is 0 Å². The van der Waals surface area contributed by atoms with Crippen molar-refractivity contribution in [3.63, 3.8) is 0 Å². The molecular formula is C18H17FN2O6. The minimum atomic E-state index is -1.17. The van der Waals surface area contributed by atoms with E-state index < -0.39 is 28.7 Å². The van der Waals surface area contributed by atoms with Crippen molar-refractivity contribution in [1.82, 2.24) is 0 Å². The Morgan fingerprint density at radius 3 is 2.48 bits per heavy atom. The smallest absolute Gasteiger partial charge is 0.339 e. The van der Waals surface area contributed by atoms with E-state index in [1.165, 1.54) is 43.3 Å². The molecule has 2 rings (SSSR count). The Hall–Kier alpha value is -3.49. The summed E-state index contributed by atoms with van der Waals surface area (Å²) in [4.78, 5) is 34.7. The molecule has 0 aliphatic carbocycles. The second-order valence-electron chi connectivity index (χ2n) is 5.42. The van der Waals surface area contributed by atoms with Crippen LogP contribution >= 0.6 is 0 Å². The number of nitro groups is 1. The summed E-state index contributed by atoms with van der Waals surface area (Å²) < 4.78 is 23.1. The molecule has 0 aromatic heterocycles. The second kappa shape index (κ2) is 8.75. The number of nitro benzene ring substituents is 1. The van der Waals surface area contributed by atoms with Gasteiger partial charge >= 0.3 is 11.7 Å². The van der Waals surface area contributed by atoms with Crippen LogP contribution < -0.4 is 10.1 Å². The fraction of sp³-hybridized carbons (Fsp3) is 0.222. The molecule has 27 heavy (non-hydrogen) atoms. The molecule has 0 spiro atoms. The van der Waals surface area contributed by atoms with Crippen molar-refractivity contribution in [3.8, 4) is 5.75 Å². The van der Waals surface area contributed by atoms with Gasteiger partial charge in [0.15, 0.2) is 11.9 Å². The highest BCUT2D eigenvalue weighted by Gasteiger charge is 2.23. The first-order chi connectivity index (χ1) is 12.8. The van der Waals surface area contributed by atoms with Gasteiger partial charge in [0.25, 0.3) is 5.91 Å². The summed E-state index contributed by atoms with van der Waals surface area (Å²) in [7, 11) is 0. The maximum Gasteiger partial charge on any atom is 0.339 e. The first kappa shape index (κ1) is 19.8. The van der Waals surface area contributed by atoms with E-state index >= 15 is 0 Å². The lowest BCUT2D eigenvalue weighted by atomic mass is 10.2. The van der Waals surface area contributed by atoms with Crippen molar-refractivity contribution < 1.29 is 28.4 Å². The molecule has 0 heterocycles. The Kier molecular flexibility index (Phi) is 6.42. The molecule has 0 fully saturated rings. The van der Waals surface area contributed by atoms with Crippen LogP contribution in [-0.2, 0) is 9.53 Å². The highest BCUT2D eigenvalue weighted by molar-refractivity contribution is 5.97. The number of nitrogens with zero attached hydrogens (tertiary/aromatic N) is 1. The van der Waals surface area contributed by atoms with Gasteiger partial charge in [-0.05, 0) is 50.2 Å². The Morgan fingerprint density at radius 1 is 1.22 bits per heavy atom. The zero-order chi connectivity index (χ0) is 20.0. The standard InChI is InChI=1S/C18H17FN2O6/c1-3-26-16-9-4-12(10-15(16)21(24)25)18(23)27-11(2)17(22)20-14-7-5-13(19)6-8-14/h4-11H,3H2,1-2H3,(H,20,22)/t11-/m1/s1. The molecule has 0 radical (unpaired) electrons. The van der Waals surface area contributed by atoms with Gasteiger partial charge in [-0.1, -0.05) is 0 Å². The molecule has 1 amide bonds. The van der Waals surface area contributed by atoms with E-state index in [1.54, 1.807) is 6.92 Å². The molecular weight excluding hydrogens is 359 g/mol. The van der Waals surface area contributed by atoms with Gasteiger partial charge in [-0.15, -0.1) is 0 Å². The fourth-order valence-electron chi connectivity index (χ4n) is 2.12. The summed E-state index contributed by atoms with van der Waals surface area (Å²) in [6.45, 7) is 3.25. The Labute approximate surface area is 154 Å². The minimum Gasteiger partial charge on any atom is -0.487 e. The van der Waals surface area contributed by atoms with Gasteiger partial charge in [0.1, 0.15) is 5.82 Å². The van der Waals surface area contributed by atoms with Gasteiger partial charge < -0.3 is 14.8 Å². The lowest BCUT2D eigenvalue weighted by molar-refractivity contribution is -0.385. The molecule has 0 aliphatic heterocycles. The normalized spacial score (nSPS) is 11.4. The monoisotopic (exact) mass is 376 g/mol. The number of anilines is 1. The van der Waals surface area contributed by atoms with Crippen LogP contribution in [0.15, 0.2) is 42.5 Å². The van der Waals surface area contributed by atoms with Crippen molar-refractivity contribution in [2.75, 3.05) is 11.9 Å². The third kappa shape index (κ3) is 5.24. The van der Waals surface area contributed by atoms with Crippen LogP contribution in [0.3, 0.4) is 0 Å². The third-order valence-corrected chi connectivity index (χ3v) is 3.46. The van der Waals surface area contributed by atoms with Crippen LogP contribution in [0.25, 0.3) is 0 Å². The highest BCUT2D eigenvalue weighted by atomic mass is 19.1. The Bertz CT molecular complexity index is 853. The summed E-state index contributed by atoms with van der Waals surface area (Å²) in [5.74, 6) is -1.95. The molecule has 9 heteroatoms. The first-order valence-corrected chi connectivity index (χ1v) is 8.00. The highest BCUT2D eigenvalue weighted by Crippen LogP contribution is 2.28. The van der Waals surface area contributed by atoms with Gasteiger partial charge in [-0.3, -0.25) is 14.9 Å². The summed E-state index contributed by atoms with van der Waals surface area (Å²) in [6, 6.07) is 8.69. The summed E-state index contributed by atoms with van der Waals surface area (Å²) >= 11 is 0. The van der Waals surface area contributed by atoms with E-state index in [9.17, 15) is 24.1 Å². The largest absolute Gasteiger partial charge is 0.487 e. The average molecular weight is 376 g/mol. The van der Waals surface area contributed by atoms with Crippen molar-refractivity contribution in [2.24, 2.45) is 0 Å². The number of esters is 1. The van der Waals surface area contributed by atoms with Crippen LogP contribution in [0.2, 0.25) is 0 Å². The van der Waals surface area contributed by atoms with Crippen LogP contribution in [0, 0.1) is 15.9 Å². The van der Waals surface area contributed by atoms with Crippen molar-refractivity contribution in [3.05, 3.63) is 64.0 Å². The van der Waals surface area contributed by atoms with E-state index in [0.29, 0.717) is 5.69 Å². The summed E-state index contributed by atoms with van der Waals surface area (Å²) in [5.41, 5.74) is -0.137. The lowest BCUT2D eigenvalue weighted by Gasteiger charge is -2.14. The van der Waals surface area contributed by atoms with Crippen LogP contribution in [0.1, 0.15) is 24.2 Å². The number of hydrogen-bond acceptors (Lipinski definition) is 6. The van der Waals surface area contributed by atoms with E-state index in [0.717, 1.165) is 6.07 Å². The van der Waals surface area contributed by atoms with Crippen molar-refractivity contribution >= 4 is 23.3 Å². The molecule has 0 bridgehead atoms. The number of benzene rings is 2. The summed E-state index contributed by atoms with van der Waals surface area (Å²) in [6.07, 6.45) is -1.17. The van der Waals surface area contributed by atoms with E-state index in [-0.39, 0.29) is 23.6 Å². The lowest BCUT2D eigenvalue weighted by Crippen LogP contribution is -2.30. The molecule has 0 saturated carbocycles. The number of nitrogens with one attached hydrogen (secondary N) is 1. The van der Waals surface area contributed by atoms with Crippen LogP contribution in [0.5, 0.6) is 5.75 Å². The fourth-order valence-corrected chi connectivity index (χ4v) is 2.12. The number of amides is 1. The maximum absolute atomic E-state index is 12.9. The van der Waals surface area contributed by atoms with Crippen LogP contribution in [-0.4, -0.2) is 29.5 Å². The number of carbonyl (C=O) groups excluding carboxylic acids is 2. The zero-order valence-electron chi connectivity index (χ0n) is 14.6. The van der Waals surface area contributed by atoms with Gasteiger partial charge in [-0.2, -0.15) is 0 Å². The molecule has 142 valence electrons. The molecule has 1 N–H and O–H groups in total. The molecule has 2 aromatic carbocycles. The maximum atomic E-state index is 12.9. The Morgan fingerprint density at radius 2 is 1.89 bits per heavy atom. The number of ether oxygens (including phenoxy) is 2.